The number of carbonyl (C=O) groups excluding carboxylic acids is 1. The van der Waals surface area contributed by atoms with Gasteiger partial charge in [0, 0.05) is 11.2 Å². The molecule has 3 heterocycles. The van der Waals surface area contributed by atoms with Crippen LogP contribution in [0.3, 0.4) is 0 Å². The molecule has 1 aromatic rings. The number of rotatable bonds is 0. The Balaban J connectivity index is 1.92. The second-order valence-electron chi connectivity index (χ2n) is 6.40. The Labute approximate surface area is 123 Å². The van der Waals surface area contributed by atoms with E-state index in [1.54, 1.807) is 0 Å². The Hall–Kier alpha value is -1.22. The van der Waals surface area contributed by atoms with Crippen LogP contribution < -0.4 is 4.74 Å². The summed E-state index contributed by atoms with van der Waals surface area (Å²) in [7, 11) is 0. The molecular formula is C17H18O2S. The normalized spacial score (nSPS) is 36.8. The van der Waals surface area contributed by atoms with E-state index in [9.17, 15) is 4.79 Å². The average Bonchev–Trinajstić information content (AvgIpc) is 2.46. The molecule has 1 aliphatic carbocycles. The Morgan fingerprint density at radius 1 is 1.20 bits per heavy atom. The molecule has 4 aliphatic rings. The lowest BCUT2D eigenvalue weighted by Gasteiger charge is -2.56. The summed E-state index contributed by atoms with van der Waals surface area (Å²) in [6.07, 6.45) is 6.79. The van der Waals surface area contributed by atoms with E-state index in [1.165, 1.54) is 6.42 Å². The first-order chi connectivity index (χ1) is 9.54. The zero-order valence-electron chi connectivity index (χ0n) is 11.8. The van der Waals surface area contributed by atoms with E-state index in [1.807, 2.05) is 36.0 Å². The van der Waals surface area contributed by atoms with Gasteiger partial charge in [0.1, 0.15) is 16.1 Å². The highest BCUT2D eigenvalue weighted by Gasteiger charge is 2.63. The third kappa shape index (κ3) is 1.39. The number of thioether (sulfide) groups is 1. The van der Waals surface area contributed by atoms with E-state index in [4.69, 9.17) is 4.74 Å². The number of fused-ring (bicyclic) bond motifs is 2. The van der Waals surface area contributed by atoms with E-state index in [0.29, 0.717) is 5.25 Å². The Morgan fingerprint density at radius 3 is 2.65 bits per heavy atom. The molecule has 1 aromatic carbocycles. The Kier molecular flexibility index (Phi) is 2.45. The van der Waals surface area contributed by atoms with Crippen molar-refractivity contribution in [3.63, 3.8) is 0 Å². The smallest absolute Gasteiger partial charge is 0.187 e. The topological polar surface area (TPSA) is 26.3 Å². The minimum atomic E-state index is -0.475. The van der Waals surface area contributed by atoms with Gasteiger partial charge < -0.3 is 4.74 Å². The molecule has 0 aromatic heterocycles. The molecule has 20 heavy (non-hydrogen) atoms. The summed E-state index contributed by atoms with van der Waals surface area (Å²) in [6.45, 7) is 4.14. The van der Waals surface area contributed by atoms with Gasteiger partial charge in [0.05, 0.1) is 5.56 Å². The fourth-order valence-electron chi connectivity index (χ4n) is 3.94. The van der Waals surface area contributed by atoms with Crippen molar-refractivity contribution in [1.29, 1.82) is 0 Å². The van der Waals surface area contributed by atoms with Gasteiger partial charge >= 0.3 is 0 Å². The second-order valence-corrected chi connectivity index (χ2v) is 7.88. The van der Waals surface area contributed by atoms with Crippen LogP contribution >= 0.6 is 11.8 Å². The summed E-state index contributed by atoms with van der Waals surface area (Å²) >= 11 is 1.82. The number of hydrogen-bond acceptors (Lipinski definition) is 3. The van der Waals surface area contributed by atoms with Gasteiger partial charge in [-0.1, -0.05) is 24.3 Å². The number of allylic oxidation sites excluding steroid dienone is 1. The lowest BCUT2D eigenvalue weighted by Crippen LogP contribution is -2.65. The van der Waals surface area contributed by atoms with Gasteiger partial charge in [0.25, 0.3) is 0 Å². The first kappa shape index (κ1) is 12.5. The monoisotopic (exact) mass is 286 g/mol. The molecule has 0 radical (unpaired) electrons. The first-order valence-electron chi connectivity index (χ1n) is 7.23. The van der Waals surface area contributed by atoms with Gasteiger partial charge in [0.2, 0.25) is 0 Å². The third-order valence-electron chi connectivity index (χ3n) is 4.91. The molecule has 2 nitrogen and oxygen atoms in total. The van der Waals surface area contributed by atoms with Crippen LogP contribution in [0.2, 0.25) is 0 Å². The number of Topliss-reactive ketones (excluding diaryl/α,β-unsaturated/α-hetero) is 1. The molecule has 2 bridgehead atoms. The SMILES string of the molecule is CC1(C)Oc2ccccc2C(=O)C12SC1C=CC2CC1. The predicted molar refractivity (Wildman–Crippen MR) is 81.5 cm³/mol. The van der Waals surface area contributed by atoms with Crippen molar-refractivity contribution in [3.05, 3.63) is 42.0 Å². The van der Waals surface area contributed by atoms with Gasteiger partial charge in [-0.15, -0.1) is 11.8 Å². The minimum Gasteiger partial charge on any atom is -0.485 e. The molecule has 1 saturated heterocycles. The largest absolute Gasteiger partial charge is 0.485 e. The van der Waals surface area contributed by atoms with Crippen LogP contribution in [-0.2, 0) is 0 Å². The lowest BCUT2D eigenvalue weighted by atomic mass is 9.69. The molecule has 0 saturated carbocycles. The molecule has 0 N–H and O–H groups in total. The Bertz CT molecular complexity index is 619. The highest BCUT2D eigenvalue weighted by atomic mass is 32.2. The van der Waals surface area contributed by atoms with Gasteiger partial charge in [-0.2, -0.15) is 0 Å². The van der Waals surface area contributed by atoms with Crippen LogP contribution in [0, 0.1) is 5.92 Å². The second kappa shape index (κ2) is 3.91. The summed E-state index contributed by atoms with van der Waals surface area (Å²) in [5.41, 5.74) is 0.275. The van der Waals surface area contributed by atoms with Crippen LogP contribution in [0.25, 0.3) is 0 Å². The molecule has 1 spiro atoms. The van der Waals surface area contributed by atoms with Gasteiger partial charge in [-0.3, -0.25) is 4.79 Å². The van der Waals surface area contributed by atoms with Crippen LogP contribution in [0.4, 0.5) is 0 Å². The predicted octanol–water partition coefficient (Wildman–Crippen LogP) is 3.86. The molecule has 3 unspecified atom stereocenters. The lowest BCUT2D eigenvalue weighted by molar-refractivity contribution is 0.0238. The first-order valence-corrected chi connectivity index (χ1v) is 8.11. The van der Waals surface area contributed by atoms with E-state index in [2.05, 4.69) is 26.0 Å². The summed E-state index contributed by atoms with van der Waals surface area (Å²) in [5, 5.41) is 0.456. The van der Waals surface area contributed by atoms with Crippen LogP contribution in [-0.4, -0.2) is 21.4 Å². The molecule has 104 valence electrons. The van der Waals surface area contributed by atoms with Crippen molar-refractivity contribution in [2.75, 3.05) is 0 Å². The maximum absolute atomic E-state index is 13.3. The van der Waals surface area contributed by atoms with E-state index in [0.717, 1.165) is 17.7 Å². The van der Waals surface area contributed by atoms with Crippen LogP contribution in [0.15, 0.2) is 36.4 Å². The molecule has 1 fully saturated rings. The minimum absolute atomic E-state index is 0.258. The number of hydrogen-bond donors (Lipinski definition) is 0. The van der Waals surface area contributed by atoms with E-state index < -0.39 is 10.3 Å². The summed E-state index contributed by atoms with van der Waals surface area (Å²) in [4.78, 5) is 13.3. The summed E-state index contributed by atoms with van der Waals surface area (Å²) < 4.78 is 5.80. The number of ether oxygens (including phenoxy) is 1. The summed E-state index contributed by atoms with van der Waals surface area (Å²) in [5.74, 6) is 1.28. The zero-order valence-corrected chi connectivity index (χ0v) is 12.6. The maximum atomic E-state index is 13.3. The standard InChI is InChI=1S/C17H18O2S/c1-16(2)17(11-7-9-12(20-17)10-8-11)15(18)13-5-3-4-6-14(13)19-16/h3-7,9,11-12H,8,10H2,1-2H3. The van der Waals surface area contributed by atoms with Gasteiger partial charge in [-0.05, 0) is 38.8 Å². The third-order valence-corrected chi connectivity index (χ3v) is 6.96. The van der Waals surface area contributed by atoms with E-state index >= 15 is 0 Å². The van der Waals surface area contributed by atoms with Crippen molar-refractivity contribution in [3.8, 4) is 5.75 Å². The van der Waals surface area contributed by atoms with E-state index in [-0.39, 0.29) is 11.7 Å². The molecule has 3 heteroatoms. The number of benzene rings is 1. The molecule has 0 amide bonds. The Morgan fingerprint density at radius 2 is 2.00 bits per heavy atom. The van der Waals surface area contributed by atoms with Gasteiger partial charge in [-0.25, -0.2) is 0 Å². The zero-order chi connectivity index (χ0) is 14.0. The quantitative estimate of drug-likeness (QED) is 0.677. The van der Waals surface area contributed by atoms with Crippen molar-refractivity contribution >= 4 is 17.5 Å². The molecular weight excluding hydrogens is 268 g/mol. The van der Waals surface area contributed by atoms with Crippen molar-refractivity contribution in [1.82, 2.24) is 0 Å². The van der Waals surface area contributed by atoms with Crippen molar-refractivity contribution in [2.24, 2.45) is 5.92 Å². The average molecular weight is 286 g/mol. The van der Waals surface area contributed by atoms with Crippen molar-refractivity contribution < 1.29 is 9.53 Å². The highest BCUT2D eigenvalue weighted by molar-refractivity contribution is 8.02. The fraction of sp³-hybridized carbons (Fsp3) is 0.471. The summed E-state index contributed by atoms with van der Waals surface area (Å²) in [6, 6.07) is 7.67. The van der Waals surface area contributed by atoms with Crippen molar-refractivity contribution in [2.45, 2.75) is 42.3 Å². The molecule has 5 rings (SSSR count). The van der Waals surface area contributed by atoms with Crippen LogP contribution in [0.1, 0.15) is 37.0 Å². The maximum Gasteiger partial charge on any atom is 0.187 e. The number of para-hydroxylation sites is 1. The highest BCUT2D eigenvalue weighted by Crippen LogP contribution is 2.59. The van der Waals surface area contributed by atoms with Gasteiger partial charge in [0.15, 0.2) is 5.78 Å². The number of carbonyl (C=O) groups is 1. The van der Waals surface area contributed by atoms with Crippen LogP contribution in [0.5, 0.6) is 5.75 Å². The fourth-order valence-corrected chi connectivity index (χ4v) is 5.75. The molecule has 3 atom stereocenters. The molecule has 3 aliphatic heterocycles. The number of ketones is 1.